The van der Waals surface area contributed by atoms with Crippen molar-refractivity contribution in [1.29, 1.82) is 0 Å². The van der Waals surface area contributed by atoms with Gasteiger partial charge in [0, 0.05) is 18.6 Å². The Hall–Kier alpha value is -0.380. The number of Topliss-reactive ketones (excluding diaryl/α,β-unsaturated/α-hetero) is 1. The predicted octanol–water partition coefficient (Wildman–Crippen LogP) is 1.81. The summed E-state index contributed by atoms with van der Waals surface area (Å²) in [6.07, 6.45) is 1.53. The van der Waals surface area contributed by atoms with Gasteiger partial charge in [-0.15, -0.1) is 0 Å². The van der Waals surface area contributed by atoms with Crippen molar-refractivity contribution >= 4 is 15.6 Å². The molecular formula is C11H20O3S. The fourth-order valence-corrected chi connectivity index (χ4v) is 4.21. The molecule has 0 heterocycles. The van der Waals surface area contributed by atoms with Gasteiger partial charge in [0.05, 0.1) is 5.25 Å². The van der Waals surface area contributed by atoms with Crippen LogP contribution in [0.4, 0.5) is 0 Å². The van der Waals surface area contributed by atoms with Gasteiger partial charge in [0.2, 0.25) is 0 Å². The molecule has 0 N–H and O–H groups in total. The van der Waals surface area contributed by atoms with Crippen LogP contribution in [0.1, 0.15) is 40.0 Å². The third-order valence-electron chi connectivity index (χ3n) is 3.38. The first kappa shape index (κ1) is 12.7. The average Bonchev–Trinajstić information content (AvgIpc) is 2.17. The maximum atomic E-state index is 11.9. The average molecular weight is 232 g/mol. The zero-order chi connectivity index (χ0) is 11.6. The Morgan fingerprint density at radius 2 is 2.00 bits per heavy atom. The van der Waals surface area contributed by atoms with E-state index in [1.54, 1.807) is 6.92 Å². The molecule has 1 rings (SSSR count). The first-order chi connectivity index (χ1) is 6.88. The summed E-state index contributed by atoms with van der Waals surface area (Å²) < 4.78 is 23.7. The number of rotatable bonds is 3. The van der Waals surface area contributed by atoms with Crippen LogP contribution in [0.5, 0.6) is 0 Å². The zero-order valence-corrected chi connectivity index (χ0v) is 10.5. The predicted molar refractivity (Wildman–Crippen MR) is 60.4 cm³/mol. The minimum absolute atomic E-state index is 0.105. The van der Waals surface area contributed by atoms with Crippen molar-refractivity contribution in [3.8, 4) is 0 Å². The molecule has 15 heavy (non-hydrogen) atoms. The largest absolute Gasteiger partial charge is 0.300 e. The summed E-state index contributed by atoms with van der Waals surface area (Å²) in [5.41, 5.74) is 0. The lowest BCUT2D eigenvalue weighted by Crippen LogP contribution is -2.39. The molecule has 1 aliphatic carbocycles. The summed E-state index contributed by atoms with van der Waals surface area (Å²) in [6.45, 7) is 5.74. The number of ketones is 1. The molecule has 0 aromatic heterocycles. The van der Waals surface area contributed by atoms with E-state index in [0.717, 1.165) is 6.42 Å². The SMILES string of the molecule is CCS(=O)(=O)C1CC(=O)CCC1C(C)C. The van der Waals surface area contributed by atoms with Crippen LogP contribution < -0.4 is 0 Å². The molecule has 4 heteroatoms. The van der Waals surface area contributed by atoms with Crippen molar-refractivity contribution in [2.24, 2.45) is 11.8 Å². The van der Waals surface area contributed by atoms with Crippen LogP contribution >= 0.6 is 0 Å². The first-order valence-corrected chi connectivity index (χ1v) is 7.33. The van der Waals surface area contributed by atoms with Gasteiger partial charge in [-0.3, -0.25) is 4.79 Å². The number of carbonyl (C=O) groups excluding carboxylic acids is 1. The van der Waals surface area contributed by atoms with Crippen LogP contribution in [0.2, 0.25) is 0 Å². The van der Waals surface area contributed by atoms with Gasteiger partial charge in [-0.25, -0.2) is 8.42 Å². The Morgan fingerprint density at radius 3 is 2.47 bits per heavy atom. The van der Waals surface area contributed by atoms with E-state index in [1.165, 1.54) is 0 Å². The van der Waals surface area contributed by atoms with E-state index in [-0.39, 0.29) is 23.9 Å². The number of hydrogen-bond acceptors (Lipinski definition) is 3. The molecule has 0 amide bonds. The van der Waals surface area contributed by atoms with E-state index < -0.39 is 15.1 Å². The number of carbonyl (C=O) groups is 1. The number of sulfone groups is 1. The number of hydrogen-bond donors (Lipinski definition) is 0. The summed E-state index contributed by atoms with van der Waals surface area (Å²) in [6, 6.07) is 0. The second kappa shape index (κ2) is 4.64. The molecule has 1 fully saturated rings. The molecule has 0 radical (unpaired) electrons. The lowest BCUT2D eigenvalue weighted by molar-refractivity contribution is -0.121. The van der Waals surface area contributed by atoms with Crippen molar-refractivity contribution in [3.63, 3.8) is 0 Å². The third-order valence-corrected chi connectivity index (χ3v) is 5.63. The molecule has 88 valence electrons. The normalized spacial score (nSPS) is 28.4. The fraction of sp³-hybridized carbons (Fsp3) is 0.909. The van der Waals surface area contributed by atoms with E-state index in [0.29, 0.717) is 12.3 Å². The van der Waals surface area contributed by atoms with Crippen molar-refractivity contribution < 1.29 is 13.2 Å². The summed E-state index contributed by atoms with van der Waals surface area (Å²) in [5, 5.41) is -0.427. The molecule has 0 spiro atoms. The lowest BCUT2D eigenvalue weighted by Gasteiger charge is -2.32. The Bertz CT molecular complexity index is 330. The minimum atomic E-state index is -3.07. The van der Waals surface area contributed by atoms with Crippen LogP contribution in [-0.4, -0.2) is 25.2 Å². The highest BCUT2D eigenvalue weighted by atomic mass is 32.2. The van der Waals surface area contributed by atoms with E-state index in [4.69, 9.17) is 0 Å². The highest BCUT2D eigenvalue weighted by molar-refractivity contribution is 7.92. The molecule has 0 aliphatic heterocycles. The van der Waals surface area contributed by atoms with E-state index in [1.807, 2.05) is 13.8 Å². The molecule has 0 aromatic carbocycles. The van der Waals surface area contributed by atoms with Gasteiger partial charge >= 0.3 is 0 Å². The highest BCUT2D eigenvalue weighted by Crippen LogP contribution is 2.33. The fourth-order valence-electron chi connectivity index (χ4n) is 2.36. The Labute approximate surface area is 92.2 Å². The second-order valence-electron chi connectivity index (χ2n) is 4.68. The minimum Gasteiger partial charge on any atom is -0.300 e. The molecule has 0 bridgehead atoms. The van der Waals surface area contributed by atoms with Gasteiger partial charge in [0.15, 0.2) is 9.84 Å². The zero-order valence-electron chi connectivity index (χ0n) is 9.69. The molecule has 0 aromatic rings. The smallest absolute Gasteiger partial charge is 0.153 e. The molecular weight excluding hydrogens is 212 g/mol. The summed E-state index contributed by atoms with van der Waals surface area (Å²) in [5.74, 6) is 0.750. The van der Waals surface area contributed by atoms with Crippen LogP contribution in [0.15, 0.2) is 0 Å². The molecule has 1 aliphatic rings. The van der Waals surface area contributed by atoms with Gasteiger partial charge in [-0.05, 0) is 18.3 Å². The van der Waals surface area contributed by atoms with Crippen molar-refractivity contribution in [3.05, 3.63) is 0 Å². The summed E-state index contributed by atoms with van der Waals surface area (Å²) in [7, 11) is -3.07. The first-order valence-electron chi connectivity index (χ1n) is 5.61. The van der Waals surface area contributed by atoms with Crippen molar-refractivity contribution in [2.75, 3.05) is 5.75 Å². The monoisotopic (exact) mass is 232 g/mol. The van der Waals surface area contributed by atoms with Crippen molar-refractivity contribution in [1.82, 2.24) is 0 Å². The maximum Gasteiger partial charge on any atom is 0.153 e. The topological polar surface area (TPSA) is 51.2 Å². The molecule has 2 unspecified atom stereocenters. The Morgan fingerprint density at radius 1 is 1.40 bits per heavy atom. The van der Waals surface area contributed by atoms with Crippen LogP contribution in [0.3, 0.4) is 0 Å². The second-order valence-corrected chi connectivity index (χ2v) is 7.19. The summed E-state index contributed by atoms with van der Waals surface area (Å²) in [4.78, 5) is 11.3. The molecule has 1 saturated carbocycles. The van der Waals surface area contributed by atoms with E-state index in [9.17, 15) is 13.2 Å². The van der Waals surface area contributed by atoms with Crippen molar-refractivity contribution in [2.45, 2.75) is 45.3 Å². The standard InChI is InChI=1S/C11H20O3S/c1-4-15(13,14)11-7-9(12)5-6-10(11)8(2)3/h8,10-11H,4-7H2,1-3H3. The van der Waals surface area contributed by atoms with Gasteiger partial charge < -0.3 is 0 Å². The lowest BCUT2D eigenvalue weighted by atomic mass is 9.81. The maximum absolute atomic E-state index is 11.9. The van der Waals surface area contributed by atoms with E-state index in [2.05, 4.69) is 0 Å². The molecule has 3 nitrogen and oxygen atoms in total. The molecule has 0 saturated heterocycles. The van der Waals surface area contributed by atoms with Gasteiger partial charge in [0.1, 0.15) is 5.78 Å². The Balaban J connectivity index is 2.94. The third kappa shape index (κ3) is 2.80. The Kier molecular flexibility index (Phi) is 3.93. The molecule has 2 atom stereocenters. The van der Waals surface area contributed by atoms with Gasteiger partial charge in [-0.1, -0.05) is 20.8 Å². The highest BCUT2D eigenvalue weighted by Gasteiger charge is 2.38. The van der Waals surface area contributed by atoms with Gasteiger partial charge in [-0.2, -0.15) is 0 Å². The van der Waals surface area contributed by atoms with Crippen LogP contribution in [0.25, 0.3) is 0 Å². The van der Waals surface area contributed by atoms with E-state index >= 15 is 0 Å². The van der Waals surface area contributed by atoms with Gasteiger partial charge in [0.25, 0.3) is 0 Å². The van der Waals surface area contributed by atoms with Crippen LogP contribution in [-0.2, 0) is 14.6 Å². The quantitative estimate of drug-likeness (QED) is 0.745. The van der Waals surface area contributed by atoms with Crippen LogP contribution in [0, 0.1) is 11.8 Å². The summed E-state index contributed by atoms with van der Waals surface area (Å²) >= 11 is 0.